The number of nitrogens with one attached hydrogen (secondary N) is 2. The monoisotopic (exact) mass is 393 g/mol. The molecule has 152 valence electrons. The average Bonchev–Trinajstić information content (AvgIpc) is 2.72. The summed E-state index contributed by atoms with van der Waals surface area (Å²) in [4.78, 5) is 4.33. The van der Waals surface area contributed by atoms with Crippen molar-refractivity contribution in [3.63, 3.8) is 0 Å². The molecule has 1 fully saturated rings. The van der Waals surface area contributed by atoms with Crippen molar-refractivity contribution < 1.29 is 8.95 Å². The summed E-state index contributed by atoms with van der Waals surface area (Å²) in [6.07, 6.45) is 6.41. The molecule has 0 aliphatic heterocycles. The predicted octanol–water partition coefficient (Wildman–Crippen LogP) is 3.23. The first-order valence-corrected chi connectivity index (χ1v) is 11.6. The lowest BCUT2D eigenvalue weighted by atomic mass is 9.95. The first kappa shape index (κ1) is 21.9. The highest BCUT2D eigenvalue weighted by molar-refractivity contribution is 7.85. The molecule has 0 heterocycles. The molecule has 2 N–H and O–H groups in total. The number of guanidine groups is 1. The quantitative estimate of drug-likeness (QED) is 0.364. The Balaban J connectivity index is 1.56. The minimum Gasteiger partial charge on any atom is -0.377 e. The molecule has 1 aliphatic rings. The minimum atomic E-state index is -0.689. The number of nitrogens with zero attached hydrogens (tertiary/aromatic N) is 1. The van der Waals surface area contributed by atoms with E-state index in [4.69, 9.17) is 4.74 Å². The number of unbranched alkanes of at least 4 members (excludes halogenated alkanes) is 1. The maximum absolute atomic E-state index is 12.1. The zero-order valence-corrected chi connectivity index (χ0v) is 17.6. The highest BCUT2D eigenvalue weighted by atomic mass is 32.2. The van der Waals surface area contributed by atoms with Crippen LogP contribution in [-0.2, 0) is 22.1 Å². The molecule has 6 heteroatoms. The van der Waals surface area contributed by atoms with Gasteiger partial charge >= 0.3 is 0 Å². The first-order chi connectivity index (χ1) is 13.2. The molecule has 0 bridgehead atoms. The van der Waals surface area contributed by atoms with Crippen LogP contribution < -0.4 is 10.6 Å². The second kappa shape index (κ2) is 12.9. The zero-order valence-electron chi connectivity index (χ0n) is 16.8. The van der Waals surface area contributed by atoms with Crippen LogP contribution in [0, 0.1) is 0 Å². The number of hydrogen-bond donors (Lipinski definition) is 2. The molecule has 2 rings (SSSR count). The summed E-state index contributed by atoms with van der Waals surface area (Å²) in [5.41, 5.74) is 1.22. The molecule has 1 aromatic carbocycles. The van der Waals surface area contributed by atoms with Crippen LogP contribution in [0.4, 0.5) is 0 Å². The lowest BCUT2D eigenvalue weighted by Gasteiger charge is -2.30. The van der Waals surface area contributed by atoms with E-state index < -0.39 is 10.8 Å². The summed E-state index contributed by atoms with van der Waals surface area (Å²) >= 11 is 0. The maximum atomic E-state index is 12.1. The van der Waals surface area contributed by atoms with Crippen LogP contribution in [-0.4, -0.2) is 47.4 Å². The van der Waals surface area contributed by atoms with Gasteiger partial charge in [-0.15, -0.1) is 0 Å². The summed E-state index contributed by atoms with van der Waals surface area (Å²) < 4.78 is 17.8. The Kier molecular flexibility index (Phi) is 10.5. The molecule has 0 radical (unpaired) electrons. The van der Waals surface area contributed by atoms with Gasteiger partial charge in [0, 0.05) is 48.0 Å². The topological polar surface area (TPSA) is 62.7 Å². The van der Waals surface area contributed by atoms with Crippen LogP contribution in [0.1, 0.15) is 51.0 Å². The fourth-order valence-corrected chi connectivity index (χ4v) is 4.79. The van der Waals surface area contributed by atoms with Gasteiger partial charge in [0.1, 0.15) is 0 Å². The second-order valence-corrected chi connectivity index (χ2v) is 9.05. The molecule has 5 nitrogen and oxygen atoms in total. The van der Waals surface area contributed by atoms with Crippen molar-refractivity contribution in [1.29, 1.82) is 0 Å². The van der Waals surface area contributed by atoms with Crippen molar-refractivity contribution in [1.82, 2.24) is 10.6 Å². The number of hydrogen-bond acceptors (Lipinski definition) is 3. The van der Waals surface area contributed by atoms with Crippen molar-refractivity contribution in [3.8, 4) is 0 Å². The Labute approximate surface area is 166 Å². The van der Waals surface area contributed by atoms with Crippen molar-refractivity contribution >= 4 is 16.8 Å². The maximum Gasteiger partial charge on any atom is 0.191 e. The normalized spacial score (nSPS) is 21.6. The second-order valence-electron chi connectivity index (χ2n) is 7.04. The van der Waals surface area contributed by atoms with Gasteiger partial charge in [0.15, 0.2) is 5.96 Å². The Bertz CT molecular complexity index is 580. The molecule has 0 saturated heterocycles. The summed E-state index contributed by atoms with van der Waals surface area (Å²) in [5.74, 6) is 1.62. The largest absolute Gasteiger partial charge is 0.377 e. The van der Waals surface area contributed by atoms with E-state index in [1.807, 2.05) is 32.2 Å². The average molecular weight is 394 g/mol. The SMILES string of the molecule is CCS(=O)C1CCCC(NC(=NC)NCCCCOCc2ccccc2)C1. The first-order valence-electron chi connectivity index (χ1n) is 10.2. The van der Waals surface area contributed by atoms with Crippen molar-refractivity contribution in [2.45, 2.75) is 63.3 Å². The van der Waals surface area contributed by atoms with Crippen LogP contribution in [0.5, 0.6) is 0 Å². The van der Waals surface area contributed by atoms with Crippen LogP contribution in [0.25, 0.3) is 0 Å². The Morgan fingerprint density at radius 2 is 2.07 bits per heavy atom. The van der Waals surface area contributed by atoms with E-state index in [-0.39, 0.29) is 0 Å². The lowest BCUT2D eigenvalue weighted by Crippen LogP contribution is -2.46. The van der Waals surface area contributed by atoms with Crippen molar-refractivity contribution in [2.75, 3.05) is 26.0 Å². The van der Waals surface area contributed by atoms with Crippen molar-refractivity contribution in [3.05, 3.63) is 35.9 Å². The molecule has 1 saturated carbocycles. The van der Waals surface area contributed by atoms with Gasteiger partial charge in [-0.1, -0.05) is 43.7 Å². The fraction of sp³-hybridized carbons (Fsp3) is 0.667. The predicted molar refractivity (Wildman–Crippen MR) is 115 cm³/mol. The molecule has 0 spiro atoms. The molecule has 0 amide bonds. The molecule has 3 atom stereocenters. The Hall–Kier alpha value is -1.40. The van der Waals surface area contributed by atoms with E-state index in [1.54, 1.807) is 0 Å². The third-order valence-corrected chi connectivity index (χ3v) is 6.71. The van der Waals surface area contributed by atoms with Crippen LogP contribution in [0.2, 0.25) is 0 Å². The summed E-state index contributed by atoms with van der Waals surface area (Å²) in [6.45, 7) is 4.35. The van der Waals surface area contributed by atoms with Gasteiger partial charge in [-0.2, -0.15) is 0 Å². The lowest BCUT2D eigenvalue weighted by molar-refractivity contribution is 0.117. The Morgan fingerprint density at radius 3 is 2.81 bits per heavy atom. The van der Waals surface area contributed by atoms with Crippen LogP contribution in [0.15, 0.2) is 35.3 Å². The molecule has 3 unspecified atom stereocenters. The van der Waals surface area contributed by atoms with Crippen LogP contribution in [0.3, 0.4) is 0 Å². The van der Waals surface area contributed by atoms with Gasteiger partial charge < -0.3 is 15.4 Å². The standard InChI is InChI=1S/C21H35N3O2S/c1-3-27(25)20-13-9-12-19(16-20)24-21(22-2)23-14-7-8-15-26-17-18-10-5-4-6-11-18/h4-6,10-11,19-20H,3,7-9,12-17H2,1-2H3,(H2,22,23,24). The number of benzene rings is 1. The van der Waals surface area contributed by atoms with Gasteiger partial charge in [0.05, 0.1) is 6.61 Å². The van der Waals surface area contributed by atoms with Crippen molar-refractivity contribution in [2.24, 2.45) is 4.99 Å². The fourth-order valence-electron chi connectivity index (χ4n) is 3.44. The van der Waals surface area contributed by atoms with E-state index >= 15 is 0 Å². The minimum absolute atomic E-state index is 0.334. The number of ether oxygens (including phenoxy) is 1. The summed E-state index contributed by atoms with van der Waals surface area (Å²) in [7, 11) is 1.12. The zero-order chi connectivity index (χ0) is 19.3. The summed E-state index contributed by atoms with van der Waals surface area (Å²) in [6, 6.07) is 10.6. The van der Waals surface area contributed by atoms with E-state index in [1.165, 1.54) is 5.56 Å². The molecular weight excluding hydrogens is 358 g/mol. The molecule has 0 aromatic heterocycles. The molecule has 1 aliphatic carbocycles. The van der Waals surface area contributed by atoms with Gasteiger partial charge in [0.25, 0.3) is 0 Å². The highest BCUT2D eigenvalue weighted by Gasteiger charge is 2.25. The van der Waals surface area contributed by atoms with E-state index in [2.05, 4.69) is 27.8 Å². The van der Waals surface area contributed by atoms with E-state index in [9.17, 15) is 4.21 Å². The van der Waals surface area contributed by atoms with E-state index in [0.717, 1.165) is 63.4 Å². The van der Waals surface area contributed by atoms with Gasteiger partial charge in [-0.05, 0) is 37.7 Å². The molecular formula is C21H35N3O2S. The highest BCUT2D eigenvalue weighted by Crippen LogP contribution is 2.22. The molecule has 1 aromatic rings. The smallest absolute Gasteiger partial charge is 0.191 e. The number of aliphatic imine (C=N–C) groups is 1. The van der Waals surface area contributed by atoms with Gasteiger partial charge in [0.2, 0.25) is 0 Å². The summed E-state index contributed by atoms with van der Waals surface area (Å²) in [5, 5.41) is 7.24. The van der Waals surface area contributed by atoms with Gasteiger partial charge in [-0.3, -0.25) is 9.20 Å². The van der Waals surface area contributed by atoms with E-state index in [0.29, 0.717) is 17.9 Å². The Morgan fingerprint density at radius 1 is 1.26 bits per heavy atom. The van der Waals surface area contributed by atoms with Gasteiger partial charge in [-0.25, -0.2) is 0 Å². The number of rotatable bonds is 10. The molecule has 27 heavy (non-hydrogen) atoms. The third kappa shape index (κ3) is 8.43. The van der Waals surface area contributed by atoms with Crippen LogP contribution >= 0.6 is 0 Å². The third-order valence-electron chi connectivity index (χ3n) is 4.97.